The molecule has 0 saturated carbocycles. The van der Waals surface area contributed by atoms with E-state index >= 15 is 0 Å². The standard InChI is InChI=1S/C17H25NO5/c1-12(19)22-11-14(18-16(20)23-17(2,3)4)9-13-7-6-8-15(10-13)21-5/h6-8,10,14H,9,11H2,1-5H3,(H,18,20)/t14-/m1/s1. The number of carbonyl (C=O) groups is 2. The molecule has 0 heterocycles. The van der Waals surface area contributed by atoms with Gasteiger partial charge < -0.3 is 19.5 Å². The van der Waals surface area contributed by atoms with Gasteiger partial charge in [0.05, 0.1) is 13.2 Å². The highest BCUT2D eigenvalue weighted by Crippen LogP contribution is 2.15. The molecule has 1 rings (SSSR count). The van der Waals surface area contributed by atoms with Crippen molar-refractivity contribution in [2.24, 2.45) is 0 Å². The maximum Gasteiger partial charge on any atom is 0.408 e. The van der Waals surface area contributed by atoms with E-state index < -0.39 is 17.7 Å². The van der Waals surface area contributed by atoms with Crippen molar-refractivity contribution in [3.8, 4) is 5.75 Å². The predicted molar refractivity (Wildman–Crippen MR) is 86.5 cm³/mol. The van der Waals surface area contributed by atoms with E-state index in [0.717, 1.165) is 11.3 Å². The fraction of sp³-hybridized carbons (Fsp3) is 0.529. The molecule has 6 heteroatoms. The molecule has 23 heavy (non-hydrogen) atoms. The van der Waals surface area contributed by atoms with E-state index in [1.54, 1.807) is 27.9 Å². The molecule has 0 radical (unpaired) electrons. The van der Waals surface area contributed by atoms with Gasteiger partial charge in [-0.05, 0) is 44.9 Å². The molecular weight excluding hydrogens is 298 g/mol. The third-order valence-corrected chi connectivity index (χ3v) is 2.82. The third kappa shape index (κ3) is 8.09. The molecule has 1 atom stereocenters. The second-order valence-corrected chi connectivity index (χ2v) is 6.20. The van der Waals surface area contributed by atoms with E-state index in [9.17, 15) is 9.59 Å². The summed E-state index contributed by atoms with van der Waals surface area (Å²) in [6, 6.07) is 7.11. The Balaban J connectivity index is 2.74. The molecule has 0 aliphatic rings. The van der Waals surface area contributed by atoms with Crippen molar-refractivity contribution in [2.75, 3.05) is 13.7 Å². The molecule has 0 unspecified atom stereocenters. The van der Waals surface area contributed by atoms with Crippen LogP contribution in [-0.2, 0) is 20.7 Å². The van der Waals surface area contributed by atoms with Crippen LogP contribution in [0.5, 0.6) is 5.75 Å². The van der Waals surface area contributed by atoms with Gasteiger partial charge in [-0.3, -0.25) is 4.79 Å². The number of rotatable bonds is 6. The van der Waals surface area contributed by atoms with E-state index in [-0.39, 0.29) is 12.6 Å². The van der Waals surface area contributed by atoms with Crippen LogP contribution in [0.4, 0.5) is 4.79 Å². The highest BCUT2D eigenvalue weighted by Gasteiger charge is 2.20. The van der Waals surface area contributed by atoms with Crippen molar-refractivity contribution in [1.82, 2.24) is 5.32 Å². The summed E-state index contributed by atoms with van der Waals surface area (Å²) >= 11 is 0. The van der Waals surface area contributed by atoms with Gasteiger partial charge in [-0.1, -0.05) is 12.1 Å². The van der Waals surface area contributed by atoms with Crippen molar-refractivity contribution < 1.29 is 23.8 Å². The Bertz CT molecular complexity index is 536. The SMILES string of the molecule is COc1cccc(C[C@H](COC(C)=O)NC(=O)OC(C)(C)C)c1. The monoisotopic (exact) mass is 323 g/mol. The molecule has 0 aliphatic heterocycles. The minimum Gasteiger partial charge on any atom is -0.497 e. The van der Waals surface area contributed by atoms with Gasteiger partial charge in [0, 0.05) is 6.92 Å². The molecule has 0 fully saturated rings. The number of nitrogens with one attached hydrogen (secondary N) is 1. The number of alkyl carbamates (subject to hydrolysis) is 1. The summed E-state index contributed by atoms with van der Waals surface area (Å²) in [5.74, 6) is 0.331. The molecule has 0 saturated heterocycles. The predicted octanol–water partition coefficient (Wildman–Crippen LogP) is 2.69. The average Bonchev–Trinajstić information content (AvgIpc) is 2.43. The first-order chi connectivity index (χ1) is 10.7. The third-order valence-electron chi connectivity index (χ3n) is 2.82. The summed E-state index contributed by atoms with van der Waals surface area (Å²) in [5.41, 5.74) is 0.365. The number of ether oxygens (including phenoxy) is 3. The largest absolute Gasteiger partial charge is 0.497 e. The summed E-state index contributed by atoms with van der Waals surface area (Å²) in [7, 11) is 1.59. The highest BCUT2D eigenvalue weighted by molar-refractivity contribution is 5.68. The summed E-state index contributed by atoms with van der Waals surface area (Å²) in [6.45, 7) is 6.77. The number of esters is 1. The number of benzene rings is 1. The molecule has 1 amide bonds. The van der Waals surface area contributed by atoms with Crippen LogP contribution >= 0.6 is 0 Å². The first kappa shape index (κ1) is 18.8. The topological polar surface area (TPSA) is 73.9 Å². The smallest absolute Gasteiger partial charge is 0.408 e. The maximum atomic E-state index is 11.9. The van der Waals surface area contributed by atoms with Crippen LogP contribution in [0.3, 0.4) is 0 Å². The van der Waals surface area contributed by atoms with Crippen LogP contribution < -0.4 is 10.1 Å². The van der Waals surface area contributed by atoms with E-state index in [0.29, 0.717) is 6.42 Å². The molecule has 1 aromatic carbocycles. The van der Waals surface area contributed by atoms with Crippen LogP contribution in [-0.4, -0.2) is 37.4 Å². The number of amides is 1. The van der Waals surface area contributed by atoms with Gasteiger partial charge in [-0.2, -0.15) is 0 Å². The zero-order valence-corrected chi connectivity index (χ0v) is 14.3. The zero-order chi connectivity index (χ0) is 17.5. The number of hydrogen-bond donors (Lipinski definition) is 1. The molecule has 0 aliphatic carbocycles. The molecule has 6 nitrogen and oxygen atoms in total. The van der Waals surface area contributed by atoms with Crippen LogP contribution in [0.1, 0.15) is 33.3 Å². The second-order valence-electron chi connectivity index (χ2n) is 6.20. The molecular formula is C17H25NO5. The van der Waals surface area contributed by atoms with Gasteiger partial charge in [0.2, 0.25) is 0 Å². The van der Waals surface area contributed by atoms with Gasteiger partial charge in [0.15, 0.2) is 0 Å². The normalized spacial score (nSPS) is 12.2. The van der Waals surface area contributed by atoms with Crippen LogP contribution in [0.15, 0.2) is 24.3 Å². The minimum absolute atomic E-state index is 0.0752. The Labute approximate surface area is 137 Å². The fourth-order valence-electron chi connectivity index (χ4n) is 1.93. The Hall–Kier alpha value is -2.24. The lowest BCUT2D eigenvalue weighted by Gasteiger charge is -2.23. The van der Waals surface area contributed by atoms with Gasteiger partial charge in [0.1, 0.15) is 18.0 Å². The Morgan fingerprint density at radius 3 is 2.52 bits per heavy atom. The van der Waals surface area contributed by atoms with Crippen molar-refractivity contribution >= 4 is 12.1 Å². The molecule has 1 aromatic rings. The molecule has 0 bridgehead atoms. The summed E-state index contributed by atoms with van der Waals surface area (Å²) < 4.78 is 15.4. The van der Waals surface area contributed by atoms with Crippen molar-refractivity contribution in [3.63, 3.8) is 0 Å². The average molecular weight is 323 g/mol. The Morgan fingerprint density at radius 2 is 1.96 bits per heavy atom. The van der Waals surface area contributed by atoms with Crippen molar-refractivity contribution in [3.05, 3.63) is 29.8 Å². The molecule has 0 spiro atoms. The zero-order valence-electron chi connectivity index (χ0n) is 14.3. The lowest BCUT2D eigenvalue weighted by Crippen LogP contribution is -2.43. The quantitative estimate of drug-likeness (QED) is 0.815. The van der Waals surface area contributed by atoms with Gasteiger partial charge in [-0.25, -0.2) is 4.79 Å². The Kier molecular flexibility index (Phi) is 6.88. The second kappa shape index (κ2) is 8.41. The number of hydrogen-bond acceptors (Lipinski definition) is 5. The number of carbonyl (C=O) groups excluding carboxylic acids is 2. The van der Waals surface area contributed by atoms with Crippen LogP contribution in [0.2, 0.25) is 0 Å². The number of methoxy groups -OCH3 is 1. The summed E-state index contributed by atoms with van der Waals surface area (Å²) in [4.78, 5) is 23.0. The first-order valence-electron chi connectivity index (χ1n) is 7.45. The molecule has 1 N–H and O–H groups in total. The van der Waals surface area contributed by atoms with Gasteiger partial charge in [-0.15, -0.1) is 0 Å². The Morgan fingerprint density at radius 1 is 1.26 bits per heavy atom. The van der Waals surface area contributed by atoms with E-state index in [2.05, 4.69) is 5.32 Å². The van der Waals surface area contributed by atoms with Gasteiger partial charge >= 0.3 is 12.1 Å². The van der Waals surface area contributed by atoms with Crippen LogP contribution in [0, 0.1) is 0 Å². The lowest BCUT2D eigenvalue weighted by molar-refractivity contribution is -0.141. The first-order valence-corrected chi connectivity index (χ1v) is 7.45. The van der Waals surface area contributed by atoms with Crippen molar-refractivity contribution in [2.45, 2.75) is 45.8 Å². The van der Waals surface area contributed by atoms with Crippen molar-refractivity contribution in [1.29, 1.82) is 0 Å². The van der Waals surface area contributed by atoms with Gasteiger partial charge in [0.25, 0.3) is 0 Å². The molecule has 0 aromatic heterocycles. The maximum absolute atomic E-state index is 11.9. The summed E-state index contributed by atoms with van der Waals surface area (Å²) in [5, 5.41) is 2.74. The lowest BCUT2D eigenvalue weighted by atomic mass is 10.1. The van der Waals surface area contributed by atoms with E-state index in [1.165, 1.54) is 6.92 Å². The highest BCUT2D eigenvalue weighted by atomic mass is 16.6. The van der Waals surface area contributed by atoms with Crippen LogP contribution in [0.25, 0.3) is 0 Å². The minimum atomic E-state index is -0.591. The van der Waals surface area contributed by atoms with E-state index in [1.807, 2.05) is 24.3 Å². The summed E-state index contributed by atoms with van der Waals surface area (Å²) in [6.07, 6.45) is -0.0541. The molecule has 128 valence electrons. The van der Waals surface area contributed by atoms with E-state index in [4.69, 9.17) is 14.2 Å². The fourth-order valence-corrected chi connectivity index (χ4v) is 1.93.